The van der Waals surface area contributed by atoms with Crippen molar-refractivity contribution in [3.8, 4) is 17.5 Å². The Bertz CT molecular complexity index is 701. The highest BCUT2D eigenvalue weighted by atomic mass is 16.6. The Hall–Kier alpha value is -2.75. The van der Waals surface area contributed by atoms with Gasteiger partial charge in [-0.3, -0.25) is 10.1 Å². The number of non-ortho nitro benzene ring substituents is 1. The van der Waals surface area contributed by atoms with Crippen molar-refractivity contribution >= 4 is 5.69 Å². The van der Waals surface area contributed by atoms with E-state index in [4.69, 9.17) is 5.26 Å². The highest BCUT2D eigenvalue weighted by molar-refractivity contribution is 5.56. The third kappa shape index (κ3) is 2.48. The van der Waals surface area contributed by atoms with Crippen LogP contribution in [0.5, 0.6) is 0 Å². The first-order valence-corrected chi connectivity index (χ1v) is 6.74. The third-order valence-electron chi connectivity index (χ3n) is 3.83. The quantitative estimate of drug-likeness (QED) is 0.637. The molecule has 1 aliphatic rings. The standard InChI is InChI=1S/C14H13N5O2/c15-8-11-2-1-3-13(11)18-9-16-14(17-18)10-4-6-12(7-5-10)19(20)21/h4-7,9,11,13H,1-3H2. The van der Waals surface area contributed by atoms with Gasteiger partial charge in [-0.05, 0) is 31.4 Å². The number of nitrogens with zero attached hydrogens (tertiary/aromatic N) is 5. The van der Waals surface area contributed by atoms with E-state index < -0.39 is 4.92 Å². The van der Waals surface area contributed by atoms with Gasteiger partial charge in [0.05, 0.1) is 23.0 Å². The highest BCUT2D eigenvalue weighted by Gasteiger charge is 2.29. The average Bonchev–Trinajstić information content (AvgIpc) is 3.15. The van der Waals surface area contributed by atoms with E-state index in [-0.39, 0.29) is 17.6 Å². The first-order chi connectivity index (χ1) is 10.2. The molecule has 1 saturated carbocycles. The van der Waals surface area contributed by atoms with Crippen LogP contribution in [0.4, 0.5) is 5.69 Å². The maximum Gasteiger partial charge on any atom is 0.269 e. The molecule has 1 aromatic heterocycles. The van der Waals surface area contributed by atoms with Gasteiger partial charge >= 0.3 is 0 Å². The van der Waals surface area contributed by atoms with Gasteiger partial charge in [-0.2, -0.15) is 10.4 Å². The zero-order chi connectivity index (χ0) is 14.8. The maximum absolute atomic E-state index is 10.6. The predicted octanol–water partition coefficient (Wildman–Crippen LogP) is 2.72. The van der Waals surface area contributed by atoms with Crippen molar-refractivity contribution in [3.63, 3.8) is 0 Å². The molecular weight excluding hydrogens is 270 g/mol. The Labute approximate surface area is 121 Å². The van der Waals surface area contributed by atoms with E-state index in [0.717, 1.165) is 24.8 Å². The molecule has 0 spiro atoms. The van der Waals surface area contributed by atoms with E-state index in [1.165, 1.54) is 12.1 Å². The van der Waals surface area contributed by atoms with Gasteiger partial charge in [0.2, 0.25) is 0 Å². The van der Waals surface area contributed by atoms with Crippen molar-refractivity contribution in [1.82, 2.24) is 14.8 Å². The Morgan fingerprint density at radius 3 is 2.76 bits per heavy atom. The topological polar surface area (TPSA) is 97.6 Å². The molecule has 1 aliphatic carbocycles. The molecule has 0 amide bonds. The molecule has 1 heterocycles. The van der Waals surface area contributed by atoms with Gasteiger partial charge in [0.15, 0.2) is 5.82 Å². The van der Waals surface area contributed by atoms with Gasteiger partial charge in [0, 0.05) is 17.7 Å². The van der Waals surface area contributed by atoms with Crippen molar-refractivity contribution in [2.45, 2.75) is 25.3 Å². The number of hydrogen-bond donors (Lipinski definition) is 0. The summed E-state index contributed by atoms with van der Waals surface area (Å²) in [5, 5.41) is 24.2. The average molecular weight is 283 g/mol. The molecule has 0 radical (unpaired) electrons. The lowest BCUT2D eigenvalue weighted by Gasteiger charge is -2.12. The Morgan fingerprint density at radius 2 is 2.10 bits per heavy atom. The SMILES string of the molecule is N#CC1CCCC1n1cnc(-c2ccc([N+](=O)[O-])cc2)n1. The van der Waals surface area contributed by atoms with Crippen molar-refractivity contribution in [2.75, 3.05) is 0 Å². The molecule has 3 rings (SSSR count). The lowest BCUT2D eigenvalue weighted by Crippen LogP contribution is -2.13. The van der Waals surface area contributed by atoms with Crippen molar-refractivity contribution in [2.24, 2.45) is 5.92 Å². The summed E-state index contributed by atoms with van der Waals surface area (Å²) in [6, 6.07) is 8.53. The molecule has 0 bridgehead atoms. The fraction of sp³-hybridized carbons (Fsp3) is 0.357. The monoisotopic (exact) mass is 283 g/mol. The molecule has 2 atom stereocenters. The summed E-state index contributed by atoms with van der Waals surface area (Å²) in [7, 11) is 0. The zero-order valence-corrected chi connectivity index (χ0v) is 11.2. The van der Waals surface area contributed by atoms with Gasteiger partial charge < -0.3 is 0 Å². The molecule has 0 N–H and O–H groups in total. The fourth-order valence-electron chi connectivity index (χ4n) is 2.71. The molecular formula is C14H13N5O2. The van der Waals surface area contributed by atoms with Crippen molar-refractivity contribution in [1.29, 1.82) is 5.26 Å². The molecule has 1 fully saturated rings. The number of nitro groups is 1. The summed E-state index contributed by atoms with van der Waals surface area (Å²) < 4.78 is 1.75. The van der Waals surface area contributed by atoms with Crippen molar-refractivity contribution < 1.29 is 4.92 Å². The van der Waals surface area contributed by atoms with Crippen LogP contribution in [-0.4, -0.2) is 19.7 Å². The summed E-state index contributed by atoms with van der Waals surface area (Å²) >= 11 is 0. The Balaban J connectivity index is 1.85. The van der Waals surface area contributed by atoms with Crippen LogP contribution in [0.2, 0.25) is 0 Å². The second-order valence-corrected chi connectivity index (χ2v) is 5.09. The Morgan fingerprint density at radius 1 is 1.33 bits per heavy atom. The van der Waals surface area contributed by atoms with Crippen LogP contribution < -0.4 is 0 Å². The summed E-state index contributed by atoms with van der Waals surface area (Å²) in [4.78, 5) is 14.4. The minimum Gasteiger partial charge on any atom is -0.258 e. The molecule has 0 saturated heterocycles. The van der Waals surface area contributed by atoms with Crippen molar-refractivity contribution in [3.05, 3.63) is 40.7 Å². The maximum atomic E-state index is 10.6. The summed E-state index contributed by atoms with van der Waals surface area (Å²) in [5.41, 5.74) is 0.768. The van der Waals surface area contributed by atoms with E-state index in [9.17, 15) is 10.1 Å². The highest BCUT2D eigenvalue weighted by Crippen LogP contribution is 2.35. The minimum atomic E-state index is -0.439. The molecule has 21 heavy (non-hydrogen) atoms. The van der Waals surface area contributed by atoms with E-state index in [1.807, 2.05) is 0 Å². The van der Waals surface area contributed by atoms with E-state index in [1.54, 1.807) is 23.1 Å². The molecule has 7 nitrogen and oxygen atoms in total. The van der Waals surface area contributed by atoms with Gasteiger partial charge in [0.25, 0.3) is 5.69 Å². The van der Waals surface area contributed by atoms with Crippen LogP contribution in [0.3, 0.4) is 0 Å². The molecule has 0 aliphatic heterocycles. The Kier molecular flexibility index (Phi) is 3.36. The molecule has 1 aromatic carbocycles. The first-order valence-electron chi connectivity index (χ1n) is 6.74. The largest absolute Gasteiger partial charge is 0.269 e. The fourth-order valence-corrected chi connectivity index (χ4v) is 2.71. The minimum absolute atomic E-state index is 0.0172. The molecule has 7 heteroatoms. The summed E-state index contributed by atoms with van der Waals surface area (Å²) in [6.45, 7) is 0. The first kappa shape index (κ1) is 13.2. The number of hydrogen-bond acceptors (Lipinski definition) is 5. The van der Waals surface area contributed by atoms with E-state index in [2.05, 4.69) is 16.2 Å². The lowest BCUT2D eigenvalue weighted by atomic mass is 10.1. The van der Waals surface area contributed by atoms with Crippen LogP contribution in [0.25, 0.3) is 11.4 Å². The van der Waals surface area contributed by atoms with Crippen LogP contribution in [0, 0.1) is 27.4 Å². The zero-order valence-electron chi connectivity index (χ0n) is 11.2. The summed E-state index contributed by atoms with van der Waals surface area (Å²) in [5.74, 6) is 0.505. The second kappa shape index (κ2) is 5.32. The molecule has 2 aromatic rings. The summed E-state index contributed by atoms with van der Waals surface area (Å²) in [6.07, 6.45) is 4.49. The van der Waals surface area contributed by atoms with Crippen LogP contribution in [-0.2, 0) is 0 Å². The third-order valence-corrected chi connectivity index (χ3v) is 3.83. The van der Waals surface area contributed by atoms with E-state index >= 15 is 0 Å². The van der Waals surface area contributed by atoms with Crippen LogP contribution in [0.1, 0.15) is 25.3 Å². The second-order valence-electron chi connectivity index (χ2n) is 5.09. The molecule has 106 valence electrons. The molecule has 2 unspecified atom stereocenters. The number of benzene rings is 1. The van der Waals surface area contributed by atoms with Gasteiger partial charge in [0.1, 0.15) is 6.33 Å². The predicted molar refractivity (Wildman–Crippen MR) is 74.1 cm³/mol. The number of nitro benzene ring substituents is 1. The normalized spacial score (nSPS) is 21.1. The lowest BCUT2D eigenvalue weighted by molar-refractivity contribution is -0.384. The number of nitriles is 1. The van der Waals surface area contributed by atoms with Gasteiger partial charge in [-0.25, -0.2) is 9.67 Å². The number of rotatable bonds is 3. The smallest absolute Gasteiger partial charge is 0.258 e. The van der Waals surface area contributed by atoms with Gasteiger partial charge in [-0.15, -0.1) is 0 Å². The van der Waals surface area contributed by atoms with Gasteiger partial charge in [-0.1, -0.05) is 0 Å². The van der Waals surface area contributed by atoms with E-state index in [0.29, 0.717) is 5.82 Å². The number of aromatic nitrogens is 3. The van der Waals surface area contributed by atoms with Crippen LogP contribution in [0.15, 0.2) is 30.6 Å². The van der Waals surface area contributed by atoms with Crippen LogP contribution >= 0.6 is 0 Å².